The van der Waals surface area contributed by atoms with Crippen LogP contribution in [-0.2, 0) is 11.2 Å². The number of benzene rings is 1. The van der Waals surface area contributed by atoms with E-state index in [4.69, 9.17) is 9.15 Å². The quantitative estimate of drug-likeness (QED) is 0.906. The molecule has 2 aromatic rings. The Hall–Kier alpha value is -2.27. The smallest absolute Gasteiger partial charge is 0.262 e. The molecule has 2 heterocycles. The van der Waals surface area contributed by atoms with Gasteiger partial charge in [0.15, 0.2) is 6.61 Å². The zero-order chi connectivity index (χ0) is 14.8. The lowest BCUT2D eigenvalue weighted by atomic mass is 10.0. The number of furan rings is 1. The second kappa shape index (κ2) is 5.61. The van der Waals surface area contributed by atoms with Gasteiger partial charge in [0.2, 0.25) is 0 Å². The first-order valence-electron chi connectivity index (χ1n) is 7.03. The van der Waals surface area contributed by atoms with E-state index in [-0.39, 0.29) is 18.6 Å². The second-order valence-electron chi connectivity index (χ2n) is 4.97. The number of ether oxygens (including phenoxy) is 1. The highest BCUT2D eigenvalue weighted by Crippen LogP contribution is 2.33. The number of carbonyl (C=O) groups excluding carboxylic acids is 1. The van der Waals surface area contributed by atoms with Crippen LogP contribution in [0.2, 0.25) is 0 Å². The molecule has 0 saturated heterocycles. The number of anilines is 1. The van der Waals surface area contributed by atoms with Crippen molar-refractivity contribution < 1.29 is 13.9 Å². The van der Waals surface area contributed by atoms with E-state index in [1.54, 1.807) is 0 Å². The van der Waals surface area contributed by atoms with Crippen LogP contribution in [0.1, 0.15) is 30.0 Å². The van der Waals surface area contributed by atoms with Crippen LogP contribution in [-0.4, -0.2) is 19.6 Å². The Labute approximate surface area is 123 Å². The zero-order valence-electron chi connectivity index (χ0n) is 12.1. The number of rotatable bonds is 4. The van der Waals surface area contributed by atoms with Gasteiger partial charge < -0.3 is 19.8 Å². The van der Waals surface area contributed by atoms with Crippen molar-refractivity contribution in [3.8, 4) is 5.75 Å². The summed E-state index contributed by atoms with van der Waals surface area (Å²) in [6.07, 6.45) is 0.866. The summed E-state index contributed by atoms with van der Waals surface area (Å²) in [6, 6.07) is 9.68. The average molecular weight is 286 g/mol. The first-order chi connectivity index (χ1) is 10.2. The molecular weight excluding hydrogens is 268 g/mol. The molecule has 0 spiro atoms. The van der Waals surface area contributed by atoms with E-state index < -0.39 is 0 Å². The summed E-state index contributed by atoms with van der Waals surface area (Å²) < 4.78 is 11.2. The number of hydrogen-bond donors (Lipinski definition) is 2. The van der Waals surface area contributed by atoms with Gasteiger partial charge in [-0.05, 0) is 36.9 Å². The minimum atomic E-state index is -0.132. The topological polar surface area (TPSA) is 63.5 Å². The molecule has 1 atom stereocenters. The molecule has 21 heavy (non-hydrogen) atoms. The Kier molecular flexibility index (Phi) is 3.66. The minimum Gasteiger partial charge on any atom is -0.482 e. The molecular formula is C16H18N2O3. The number of aryl methyl sites for hydroxylation is 1. The molecule has 1 aromatic heterocycles. The lowest BCUT2D eigenvalue weighted by molar-refractivity contribution is -0.118. The van der Waals surface area contributed by atoms with Crippen LogP contribution in [0.15, 0.2) is 34.7 Å². The number of hydrogen-bond acceptors (Lipinski definition) is 4. The van der Waals surface area contributed by atoms with Crippen LogP contribution in [0.25, 0.3) is 0 Å². The Morgan fingerprint density at radius 1 is 1.33 bits per heavy atom. The van der Waals surface area contributed by atoms with Gasteiger partial charge in [-0.2, -0.15) is 0 Å². The third-order valence-electron chi connectivity index (χ3n) is 3.57. The molecule has 1 amide bonds. The first-order valence-corrected chi connectivity index (χ1v) is 7.03. The van der Waals surface area contributed by atoms with Crippen molar-refractivity contribution >= 4 is 11.6 Å². The van der Waals surface area contributed by atoms with Crippen molar-refractivity contribution in [3.63, 3.8) is 0 Å². The number of fused-ring (bicyclic) bond motifs is 1. The van der Waals surface area contributed by atoms with E-state index in [0.29, 0.717) is 11.4 Å². The monoisotopic (exact) mass is 286 g/mol. The lowest BCUT2D eigenvalue weighted by Gasteiger charge is -2.21. The fraction of sp³-hybridized carbons (Fsp3) is 0.312. The van der Waals surface area contributed by atoms with Crippen molar-refractivity contribution in [2.24, 2.45) is 0 Å². The van der Waals surface area contributed by atoms with Gasteiger partial charge >= 0.3 is 0 Å². The average Bonchev–Trinajstić information content (AvgIpc) is 2.96. The van der Waals surface area contributed by atoms with Gasteiger partial charge in [-0.25, -0.2) is 0 Å². The standard InChI is InChI=1S/C16H18N2O3/c1-3-11-5-7-14(21-11)16(17-2)10-4-6-13-12(8-10)18-15(19)9-20-13/h4-8,16-17H,3,9H2,1-2H3,(H,18,19). The maximum atomic E-state index is 11.4. The molecule has 0 bridgehead atoms. The normalized spacial score (nSPS) is 15.0. The van der Waals surface area contributed by atoms with Crippen molar-refractivity contribution in [1.82, 2.24) is 5.32 Å². The van der Waals surface area contributed by atoms with Crippen LogP contribution in [0, 0.1) is 0 Å². The van der Waals surface area contributed by atoms with Gasteiger partial charge in [0, 0.05) is 6.42 Å². The van der Waals surface area contributed by atoms with Gasteiger partial charge in [0.25, 0.3) is 5.91 Å². The second-order valence-corrected chi connectivity index (χ2v) is 4.97. The number of carbonyl (C=O) groups is 1. The molecule has 0 fully saturated rings. The van der Waals surface area contributed by atoms with E-state index in [1.165, 1.54) is 0 Å². The Morgan fingerprint density at radius 3 is 2.90 bits per heavy atom. The van der Waals surface area contributed by atoms with E-state index in [0.717, 1.165) is 23.5 Å². The molecule has 3 rings (SSSR count). The predicted octanol–water partition coefficient (Wildman–Crippen LogP) is 2.48. The molecule has 5 heteroatoms. The molecule has 0 saturated carbocycles. The number of nitrogens with one attached hydrogen (secondary N) is 2. The van der Waals surface area contributed by atoms with Crippen LogP contribution >= 0.6 is 0 Å². The maximum absolute atomic E-state index is 11.4. The number of amides is 1. The molecule has 1 aliphatic rings. The third-order valence-corrected chi connectivity index (χ3v) is 3.57. The van der Waals surface area contributed by atoms with E-state index in [1.807, 2.05) is 37.4 Å². The summed E-state index contributed by atoms with van der Waals surface area (Å²) in [5, 5.41) is 6.07. The summed E-state index contributed by atoms with van der Waals surface area (Å²) in [5.74, 6) is 2.38. The van der Waals surface area contributed by atoms with Crippen LogP contribution < -0.4 is 15.4 Å². The highest BCUT2D eigenvalue weighted by Gasteiger charge is 2.21. The van der Waals surface area contributed by atoms with Crippen LogP contribution in [0.4, 0.5) is 5.69 Å². The summed E-state index contributed by atoms with van der Waals surface area (Å²) in [7, 11) is 1.88. The summed E-state index contributed by atoms with van der Waals surface area (Å²) >= 11 is 0. The molecule has 1 aliphatic heterocycles. The molecule has 2 N–H and O–H groups in total. The highest BCUT2D eigenvalue weighted by molar-refractivity contribution is 5.95. The maximum Gasteiger partial charge on any atom is 0.262 e. The van der Waals surface area contributed by atoms with E-state index >= 15 is 0 Å². The van der Waals surface area contributed by atoms with Gasteiger partial charge in [0.05, 0.1) is 11.7 Å². The predicted molar refractivity (Wildman–Crippen MR) is 79.6 cm³/mol. The molecule has 0 aliphatic carbocycles. The van der Waals surface area contributed by atoms with Crippen LogP contribution in [0.5, 0.6) is 5.75 Å². The fourth-order valence-electron chi connectivity index (χ4n) is 2.49. The Balaban J connectivity index is 1.94. The summed E-state index contributed by atoms with van der Waals surface area (Å²) in [6.45, 7) is 2.13. The highest BCUT2D eigenvalue weighted by atomic mass is 16.5. The molecule has 1 aromatic carbocycles. The molecule has 5 nitrogen and oxygen atoms in total. The van der Waals surface area contributed by atoms with Gasteiger partial charge in [-0.15, -0.1) is 0 Å². The summed E-state index contributed by atoms with van der Waals surface area (Å²) in [4.78, 5) is 11.4. The lowest BCUT2D eigenvalue weighted by Crippen LogP contribution is -2.26. The fourth-order valence-corrected chi connectivity index (χ4v) is 2.49. The third kappa shape index (κ3) is 2.64. The van der Waals surface area contributed by atoms with Gasteiger partial charge in [-0.3, -0.25) is 4.79 Å². The minimum absolute atomic E-state index is 0.0607. The first kappa shape index (κ1) is 13.7. The van der Waals surface area contributed by atoms with Gasteiger partial charge in [0.1, 0.15) is 17.3 Å². The van der Waals surface area contributed by atoms with Crippen molar-refractivity contribution in [3.05, 3.63) is 47.4 Å². The zero-order valence-corrected chi connectivity index (χ0v) is 12.1. The molecule has 110 valence electrons. The molecule has 0 radical (unpaired) electrons. The van der Waals surface area contributed by atoms with Crippen molar-refractivity contribution in [1.29, 1.82) is 0 Å². The SMILES string of the molecule is CCc1ccc(C(NC)c2ccc3c(c2)NC(=O)CO3)o1. The Morgan fingerprint density at radius 2 is 2.19 bits per heavy atom. The van der Waals surface area contributed by atoms with E-state index in [2.05, 4.69) is 17.6 Å². The summed E-state index contributed by atoms with van der Waals surface area (Å²) in [5.41, 5.74) is 1.71. The largest absolute Gasteiger partial charge is 0.482 e. The van der Waals surface area contributed by atoms with E-state index in [9.17, 15) is 4.79 Å². The van der Waals surface area contributed by atoms with Crippen molar-refractivity contribution in [2.75, 3.05) is 19.0 Å². The molecule has 1 unspecified atom stereocenters. The van der Waals surface area contributed by atoms with Crippen molar-refractivity contribution in [2.45, 2.75) is 19.4 Å². The van der Waals surface area contributed by atoms with Gasteiger partial charge in [-0.1, -0.05) is 13.0 Å². The Bertz CT molecular complexity index is 663. The van der Waals surface area contributed by atoms with Crippen LogP contribution in [0.3, 0.4) is 0 Å².